The van der Waals surface area contributed by atoms with Crippen LogP contribution in [0, 0.1) is 6.92 Å². The number of halogens is 1. The minimum atomic E-state index is -4.69. The van der Waals surface area contributed by atoms with E-state index in [1.807, 2.05) is 6.92 Å². The molecule has 7 heteroatoms. The summed E-state index contributed by atoms with van der Waals surface area (Å²) in [5, 5.41) is -1.28. The van der Waals surface area contributed by atoms with Crippen LogP contribution in [-0.4, -0.2) is 33.2 Å². The number of carbonyl (C=O) groups excluding carboxylic acids is 1. The van der Waals surface area contributed by atoms with Crippen LogP contribution >= 0.6 is 0 Å². The zero-order chi connectivity index (χ0) is 14.2. The fourth-order valence-electron chi connectivity index (χ4n) is 2.14. The molecule has 1 saturated heterocycles. The highest BCUT2D eigenvalue weighted by molar-refractivity contribution is 7.87. The van der Waals surface area contributed by atoms with E-state index in [1.165, 1.54) is 12.0 Å². The fraction of sp³-hybridized carbons (Fsp3) is 0.417. The van der Waals surface area contributed by atoms with Gasteiger partial charge in [0.2, 0.25) is 5.91 Å². The Morgan fingerprint density at radius 3 is 2.58 bits per heavy atom. The predicted molar refractivity (Wildman–Crippen MR) is 68.5 cm³/mol. The van der Waals surface area contributed by atoms with Gasteiger partial charge in [0, 0.05) is 18.7 Å². The van der Waals surface area contributed by atoms with Gasteiger partial charge in [0.15, 0.2) is 0 Å². The maximum atomic E-state index is 12.9. The molecule has 1 unspecified atom stereocenters. The minimum Gasteiger partial charge on any atom is -0.496 e. The Kier molecular flexibility index (Phi) is 3.49. The lowest BCUT2D eigenvalue weighted by Gasteiger charge is -2.17. The lowest BCUT2D eigenvalue weighted by molar-refractivity contribution is -0.117. The summed E-state index contributed by atoms with van der Waals surface area (Å²) >= 11 is 0. The van der Waals surface area contributed by atoms with Crippen molar-refractivity contribution >= 4 is 21.8 Å². The average Bonchev–Trinajstić information content (AvgIpc) is 2.71. The largest absolute Gasteiger partial charge is 0.496 e. The molecule has 1 aromatic carbocycles. The SMILES string of the molecule is COc1ccc(N2CC(S(=O)(=O)F)CC2=O)cc1C. The first-order valence-electron chi connectivity index (χ1n) is 5.71. The third kappa shape index (κ3) is 2.70. The van der Waals surface area contributed by atoms with E-state index in [4.69, 9.17) is 4.74 Å². The van der Waals surface area contributed by atoms with Crippen LogP contribution in [-0.2, 0) is 15.0 Å². The van der Waals surface area contributed by atoms with Crippen molar-refractivity contribution in [1.29, 1.82) is 0 Å². The molecule has 0 N–H and O–H groups in total. The summed E-state index contributed by atoms with van der Waals surface area (Å²) < 4.78 is 39.7. The van der Waals surface area contributed by atoms with E-state index in [9.17, 15) is 17.1 Å². The Balaban J connectivity index is 2.28. The second-order valence-corrected chi connectivity index (χ2v) is 6.08. The lowest BCUT2D eigenvalue weighted by Crippen LogP contribution is -2.26. The van der Waals surface area contributed by atoms with Gasteiger partial charge < -0.3 is 9.64 Å². The van der Waals surface area contributed by atoms with Crippen LogP contribution in [0.25, 0.3) is 0 Å². The molecule has 1 amide bonds. The number of hydrogen-bond donors (Lipinski definition) is 0. The van der Waals surface area contributed by atoms with E-state index >= 15 is 0 Å². The van der Waals surface area contributed by atoms with Gasteiger partial charge in [-0.15, -0.1) is 3.89 Å². The van der Waals surface area contributed by atoms with Gasteiger partial charge in [-0.05, 0) is 30.7 Å². The van der Waals surface area contributed by atoms with Crippen LogP contribution in [0.5, 0.6) is 5.75 Å². The molecule has 1 heterocycles. The first-order valence-corrected chi connectivity index (χ1v) is 7.16. The van der Waals surface area contributed by atoms with Crippen molar-refractivity contribution in [3.63, 3.8) is 0 Å². The Morgan fingerprint density at radius 1 is 1.42 bits per heavy atom. The van der Waals surface area contributed by atoms with Gasteiger partial charge in [0.25, 0.3) is 0 Å². The minimum absolute atomic E-state index is 0.149. The standard InChI is InChI=1S/C12H14FNO4S/c1-8-5-9(3-4-11(8)18-2)14-7-10(6-12(14)15)19(13,16)17/h3-5,10H,6-7H2,1-2H3. The normalized spacial score (nSPS) is 19.8. The molecule has 19 heavy (non-hydrogen) atoms. The fourth-order valence-corrected chi connectivity index (χ4v) is 2.81. The van der Waals surface area contributed by atoms with Gasteiger partial charge in [0.1, 0.15) is 11.0 Å². The van der Waals surface area contributed by atoms with Crippen LogP contribution < -0.4 is 9.64 Å². The van der Waals surface area contributed by atoms with Crippen molar-refractivity contribution < 1.29 is 21.8 Å². The molecule has 0 saturated carbocycles. The number of aryl methyl sites for hydroxylation is 1. The molecule has 1 aliphatic heterocycles. The van der Waals surface area contributed by atoms with E-state index < -0.39 is 21.4 Å². The molecule has 0 spiro atoms. The zero-order valence-electron chi connectivity index (χ0n) is 10.6. The van der Waals surface area contributed by atoms with Crippen molar-refractivity contribution in [3.8, 4) is 5.75 Å². The summed E-state index contributed by atoms with van der Waals surface area (Å²) in [7, 11) is -3.15. The van der Waals surface area contributed by atoms with Crippen LogP contribution in [0.4, 0.5) is 9.57 Å². The van der Waals surface area contributed by atoms with Crippen molar-refractivity contribution in [2.24, 2.45) is 0 Å². The molecule has 5 nitrogen and oxygen atoms in total. The zero-order valence-corrected chi connectivity index (χ0v) is 11.4. The molecule has 0 radical (unpaired) electrons. The summed E-state index contributed by atoms with van der Waals surface area (Å²) in [6.07, 6.45) is -0.316. The topological polar surface area (TPSA) is 63.7 Å². The molecule has 104 valence electrons. The van der Waals surface area contributed by atoms with Gasteiger partial charge in [-0.25, -0.2) is 0 Å². The third-order valence-corrected chi connectivity index (χ3v) is 4.29. The number of rotatable bonds is 3. The van der Waals surface area contributed by atoms with E-state index in [0.29, 0.717) is 11.4 Å². The van der Waals surface area contributed by atoms with Crippen LogP contribution in [0.3, 0.4) is 0 Å². The van der Waals surface area contributed by atoms with Crippen LogP contribution in [0.1, 0.15) is 12.0 Å². The smallest absolute Gasteiger partial charge is 0.307 e. The van der Waals surface area contributed by atoms with Crippen molar-refractivity contribution in [3.05, 3.63) is 23.8 Å². The summed E-state index contributed by atoms with van der Waals surface area (Å²) in [5.41, 5.74) is 1.37. The van der Waals surface area contributed by atoms with Crippen molar-refractivity contribution in [2.45, 2.75) is 18.6 Å². The number of anilines is 1. The third-order valence-electron chi connectivity index (χ3n) is 3.18. The summed E-state index contributed by atoms with van der Waals surface area (Å²) in [5.74, 6) is 0.279. The second-order valence-electron chi connectivity index (χ2n) is 4.46. The number of benzene rings is 1. The predicted octanol–water partition coefficient (Wildman–Crippen LogP) is 1.41. The number of nitrogens with zero attached hydrogens (tertiary/aromatic N) is 1. The second kappa shape index (κ2) is 4.80. The molecule has 2 rings (SSSR count). The number of methoxy groups -OCH3 is 1. The highest BCUT2D eigenvalue weighted by Crippen LogP contribution is 2.29. The van der Waals surface area contributed by atoms with E-state index in [2.05, 4.69) is 0 Å². The molecular formula is C12H14FNO4S. The van der Waals surface area contributed by atoms with Crippen molar-refractivity contribution in [2.75, 3.05) is 18.6 Å². The molecule has 1 aromatic rings. The number of carbonyl (C=O) groups is 1. The van der Waals surface area contributed by atoms with Crippen molar-refractivity contribution in [1.82, 2.24) is 0 Å². The van der Waals surface area contributed by atoms with Gasteiger partial charge in [-0.3, -0.25) is 4.79 Å². The molecule has 1 atom stereocenters. The molecule has 0 bridgehead atoms. The molecular weight excluding hydrogens is 273 g/mol. The summed E-state index contributed by atoms with van der Waals surface area (Å²) in [4.78, 5) is 13.0. The Morgan fingerprint density at radius 2 is 2.11 bits per heavy atom. The number of hydrogen-bond acceptors (Lipinski definition) is 4. The Hall–Kier alpha value is -1.63. The highest BCUT2D eigenvalue weighted by Gasteiger charge is 2.39. The Bertz CT molecular complexity index is 614. The first kappa shape index (κ1) is 13.8. The highest BCUT2D eigenvalue weighted by atomic mass is 32.3. The number of ether oxygens (including phenoxy) is 1. The van der Waals surface area contributed by atoms with E-state index in [1.54, 1.807) is 18.2 Å². The summed E-state index contributed by atoms with van der Waals surface area (Å²) in [6.45, 7) is 1.66. The molecule has 1 aliphatic rings. The van der Waals surface area contributed by atoms with E-state index in [-0.39, 0.29) is 13.0 Å². The Labute approximate surface area is 111 Å². The van der Waals surface area contributed by atoms with Gasteiger partial charge in [-0.1, -0.05) is 0 Å². The first-order chi connectivity index (χ1) is 8.82. The lowest BCUT2D eigenvalue weighted by atomic mass is 10.2. The monoisotopic (exact) mass is 287 g/mol. The average molecular weight is 287 g/mol. The van der Waals surface area contributed by atoms with Crippen LogP contribution in [0.2, 0.25) is 0 Å². The molecule has 0 aliphatic carbocycles. The van der Waals surface area contributed by atoms with Gasteiger partial charge >= 0.3 is 10.2 Å². The number of amides is 1. The van der Waals surface area contributed by atoms with Crippen LogP contribution in [0.15, 0.2) is 18.2 Å². The molecule has 1 fully saturated rings. The van der Waals surface area contributed by atoms with Gasteiger partial charge in [0.05, 0.1) is 7.11 Å². The quantitative estimate of drug-likeness (QED) is 0.788. The maximum Gasteiger partial charge on any atom is 0.307 e. The maximum absolute atomic E-state index is 12.9. The molecule has 0 aromatic heterocycles. The van der Waals surface area contributed by atoms with E-state index in [0.717, 1.165) is 5.56 Å². The summed E-state index contributed by atoms with van der Waals surface area (Å²) in [6, 6.07) is 5.05. The van der Waals surface area contributed by atoms with Gasteiger partial charge in [-0.2, -0.15) is 8.42 Å².